The lowest BCUT2D eigenvalue weighted by Gasteiger charge is -2.23. The zero-order chi connectivity index (χ0) is 12.3. The fraction of sp³-hybridized carbons (Fsp3) is 0.333. The first kappa shape index (κ1) is 12.4. The zero-order valence-corrected chi connectivity index (χ0v) is 10.0. The van der Waals surface area contributed by atoms with E-state index >= 15 is 0 Å². The van der Waals surface area contributed by atoms with Gasteiger partial charge in [-0.2, -0.15) is 0 Å². The van der Waals surface area contributed by atoms with Crippen LogP contribution in [0.15, 0.2) is 30.0 Å². The number of ether oxygens (including phenoxy) is 1. The van der Waals surface area contributed by atoms with E-state index in [2.05, 4.69) is 5.43 Å². The largest absolute Gasteiger partial charge is 0.501 e. The van der Waals surface area contributed by atoms with Gasteiger partial charge in [0.15, 0.2) is 0 Å². The predicted molar refractivity (Wildman–Crippen MR) is 64.7 cm³/mol. The van der Waals surface area contributed by atoms with Gasteiger partial charge in [0.1, 0.15) is 5.82 Å². The summed E-state index contributed by atoms with van der Waals surface area (Å²) >= 11 is 5.76. The molecular weight excluding hydrogens is 243 g/mol. The minimum absolute atomic E-state index is 0.0973. The third-order valence-electron chi connectivity index (χ3n) is 2.78. The van der Waals surface area contributed by atoms with E-state index in [1.165, 1.54) is 6.07 Å². The van der Waals surface area contributed by atoms with Crippen LogP contribution in [-0.4, -0.2) is 6.61 Å². The molecule has 0 spiro atoms. The van der Waals surface area contributed by atoms with Gasteiger partial charge in [0.2, 0.25) is 0 Å². The molecule has 92 valence electrons. The molecule has 0 aromatic heterocycles. The predicted octanol–water partition coefficient (Wildman–Crippen LogP) is 2.68. The standard InChI is InChI=1S/C12H14ClFN2O/c13-10-6-8(3-4-11(10)14)12(16-15)9-2-1-5-17-7-9/h3-4,6-7,12,16H,1-2,5,15H2. The summed E-state index contributed by atoms with van der Waals surface area (Å²) in [5, 5.41) is 0.0973. The summed E-state index contributed by atoms with van der Waals surface area (Å²) in [7, 11) is 0. The Hall–Kier alpha value is -1.10. The van der Waals surface area contributed by atoms with Gasteiger partial charge in [0, 0.05) is 0 Å². The second-order valence-electron chi connectivity index (χ2n) is 3.94. The second-order valence-corrected chi connectivity index (χ2v) is 4.35. The van der Waals surface area contributed by atoms with E-state index in [4.69, 9.17) is 22.2 Å². The fourth-order valence-corrected chi connectivity index (χ4v) is 2.10. The molecule has 1 atom stereocenters. The van der Waals surface area contributed by atoms with Crippen LogP contribution in [0.5, 0.6) is 0 Å². The molecule has 3 N–H and O–H groups in total. The first-order valence-corrected chi connectivity index (χ1v) is 5.82. The van der Waals surface area contributed by atoms with Crippen molar-refractivity contribution in [1.29, 1.82) is 0 Å². The molecule has 5 heteroatoms. The number of nitrogens with one attached hydrogen (secondary N) is 1. The first-order valence-electron chi connectivity index (χ1n) is 5.44. The van der Waals surface area contributed by atoms with Crippen LogP contribution < -0.4 is 11.3 Å². The van der Waals surface area contributed by atoms with Crippen molar-refractivity contribution < 1.29 is 9.13 Å². The Balaban J connectivity index is 2.28. The van der Waals surface area contributed by atoms with Crippen LogP contribution in [0.4, 0.5) is 4.39 Å². The minimum Gasteiger partial charge on any atom is -0.501 e. The molecule has 1 aliphatic rings. The number of benzene rings is 1. The van der Waals surface area contributed by atoms with Gasteiger partial charge >= 0.3 is 0 Å². The fourth-order valence-electron chi connectivity index (χ4n) is 1.91. The highest BCUT2D eigenvalue weighted by Gasteiger charge is 2.18. The highest BCUT2D eigenvalue weighted by atomic mass is 35.5. The molecule has 0 radical (unpaired) electrons. The van der Waals surface area contributed by atoms with E-state index in [1.807, 2.05) is 0 Å². The van der Waals surface area contributed by atoms with Gasteiger partial charge in [-0.25, -0.2) is 9.82 Å². The van der Waals surface area contributed by atoms with E-state index in [9.17, 15) is 4.39 Å². The summed E-state index contributed by atoms with van der Waals surface area (Å²) in [6, 6.07) is 4.40. The molecular formula is C12H14ClFN2O. The van der Waals surface area contributed by atoms with Crippen LogP contribution in [0.3, 0.4) is 0 Å². The minimum atomic E-state index is -0.430. The lowest BCUT2D eigenvalue weighted by atomic mass is 9.96. The maximum Gasteiger partial charge on any atom is 0.141 e. The van der Waals surface area contributed by atoms with E-state index < -0.39 is 5.82 Å². The SMILES string of the molecule is NNC(C1=COCCC1)c1ccc(F)c(Cl)c1. The molecule has 1 aliphatic heterocycles. The van der Waals surface area contributed by atoms with Crippen molar-refractivity contribution >= 4 is 11.6 Å². The quantitative estimate of drug-likeness (QED) is 0.646. The Kier molecular flexibility index (Phi) is 3.99. The van der Waals surface area contributed by atoms with Crippen LogP contribution in [-0.2, 0) is 4.74 Å². The molecule has 1 aromatic rings. The normalized spacial score (nSPS) is 17.2. The molecule has 3 nitrogen and oxygen atoms in total. The van der Waals surface area contributed by atoms with Crippen LogP contribution in [0.1, 0.15) is 24.4 Å². The number of hydrazine groups is 1. The first-order chi connectivity index (χ1) is 8.22. The molecule has 1 heterocycles. The van der Waals surface area contributed by atoms with Gasteiger partial charge in [-0.1, -0.05) is 17.7 Å². The number of halogens is 2. The molecule has 1 unspecified atom stereocenters. The van der Waals surface area contributed by atoms with E-state index in [-0.39, 0.29) is 11.1 Å². The van der Waals surface area contributed by atoms with Crippen molar-refractivity contribution in [2.24, 2.45) is 5.84 Å². The van der Waals surface area contributed by atoms with Crippen molar-refractivity contribution in [1.82, 2.24) is 5.43 Å². The number of hydrogen-bond acceptors (Lipinski definition) is 3. The molecule has 1 aromatic carbocycles. The molecule has 2 rings (SSSR count). The summed E-state index contributed by atoms with van der Waals surface area (Å²) in [5.41, 5.74) is 4.58. The lowest BCUT2D eigenvalue weighted by Crippen LogP contribution is -2.30. The Labute approximate surface area is 104 Å². The van der Waals surface area contributed by atoms with Crippen molar-refractivity contribution in [3.05, 3.63) is 46.4 Å². The Morgan fingerprint density at radius 2 is 2.29 bits per heavy atom. The van der Waals surface area contributed by atoms with E-state index in [0.717, 1.165) is 30.6 Å². The van der Waals surface area contributed by atoms with Crippen LogP contribution in [0.2, 0.25) is 5.02 Å². The van der Waals surface area contributed by atoms with Gasteiger partial charge < -0.3 is 4.74 Å². The third kappa shape index (κ3) is 2.77. The van der Waals surface area contributed by atoms with Crippen LogP contribution in [0.25, 0.3) is 0 Å². The number of nitrogens with two attached hydrogens (primary N) is 1. The highest BCUT2D eigenvalue weighted by Crippen LogP contribution is 2.29. The van der Waals surface area contributed by atoms with Crippen molar-refractivity contribution in [2.75, 3.05) is 6.61 Å². The number of hydrogen-bond donors (Lipinski definition) is 2. The Morgan fingerprint density at radius 3 is 2.88 bits per heavy atom. The second kappa shape index (κ2) is 5.49. The molecule has 0 fully saturated rings. The monoisotopic (exact) mass is 256 g/mol. The van der Waals surface area contributed by atoms with E-state index in [1.54, 1.807) is 18.4 Å². The summed E-state index contributed by atoms with van der Waals surface area (Å²) in [4.78, 5) is 0. The summed E-state index contributed by atoms with van der Waals surface area (Å²) in [5.74, 6) is 5.11. The van der Waals surface area contributed by atoms with Gasteiger partial charge in [-0.3, -0.25) is 5.84 Å². The van der Waals surface area contributed by atoms with Gasteiger partial charge in [0.05, 0.1) is 23.9 Å². The van der Waals surface area contributed by atoms with Gasteiger partial charge in [0.25, 0.3) is 0 Å². The lowest BCUT2D eigenvalue weighted by molar-refractivity contribution is 0.219. The third-order valence-corrected chi connectivity index (χ3v) is 3.07. The Bertz CT molecular complexity index is 437. The molecule has 0 saturated heterocycles. The van der Waals surface area contributed by atoms with Crippen molar-refractivity contribution in [3.63, 3.8) is 0 Å². The molecule has 0 saturated carbocycles. The molecule has 0 bridgehead atoms. The van der Waals surface area contributed by atoms with Gasteiger partial charge in [-0.15, -0.1) is 0 Å². The maximum absolute atomic E-state index is 13.1. The molecule has 0 aliphatic carbocycles. The topological polar surface area (TPSA) is 47.3 Å². The van der Waals surface area contributed by atoms with E-state index in [0.29, 0.717) is 0 Å². The summed E-state index contributed by atoms with van der Waals surface area (Å²) in [6.07, 6.45) is 3.58. The molecule has 0 amide bonds. The average molecular weight is 257 g/mol. The summed E-state index contributed by atoms with van der Waals surface area (Å²) in [6.45, 7) is 0.727. The van der Waals surface area contributed by atoms with Crippen LogP contribution >= 0.6 is 11.6 Å². The smallest absolute Gasteiger partial charge is 0.141 e. The van der Waals surface area contributed by atoms with Crippen molar-refractivity contribution in [2.45, 2.75) is 18.9 Å². The van der Waals surface area contributed by atoms with Gasteiger partial charge in [-0.05, 0) is 36.1 Å². The molecule has 17 heavy (non-hydrogen) atoms. The maximum atomic E-state index is 13.1. The highest BCUT2D eigenvalue weighted by molar-refractivity contribution is 6.30. The average Bonchev–Trinajstić information content (AvgIpc) is 2.36. The Morgan fingerprint density at radius 1 is 1.47 bits per heavy atom. The number of rotatable bonds is 3. The van der Waals surface area contributed by atoms with Crippen molar-refractivity contribution in [3.8, 4) is 0 Å². The summed E-state index contributed by atoms with van der Waals surface area (Å²) < 4.78 is 18.4. The zero-order valence-electron chi connectivity index (χ0n) is 9.25. The van der Waals surface area contributed by atoms with Crippen LogP contribution in [0, 0.1) is 5.82 Å².